The van der Waals surface area contributed by atoms with Gasteiger partial charge in [-0.15, -0.1) is 0 Å². The van der Waals surface area contributed by atoms with Crippen LogP contribution in [0.2, 0.25) is 0 Å². The van der Waals surface area contributed by atoms with Gasteiger partial charge in [-0.2, -0.15) is 0 Å². The van der Waals surface area contributed by atoms with Crippen molar-refractivity contribution in [3.05, 3.63) is 0 Å². The number of phosphoric ester groups is 1. The molecule has 0 aromatic heterocycles. The third-order valence-corrected chi connectivity index (χ3v) is 14.3. The van der Waals surface area contributed by atoms with Crippen LogP contribution in [-0.4, -0.2) is 73.4 Å². The maximum Gasteiger partial charge on any atom is 0.472 e. The number of aliphatic hydroxyl groups excluding tert-OH is 1. The Labute approximate surface area is 399 Å². The molecule has 0 aliphatic heterocycles. The lowest BCUT2D eigenvalue weighted by molar-refractivity contribution is -0.870. The molecule has 0 saturated carbocycles. The first-order valence-electron chi connectivity index (χ1n) is 28.4. The van der Waals surface area contributed by atoms with Crippen LogP contribution in [0.25, 0.3) is 0 Å². The van der Waals surface area contributed by atoms with E-state index in [-0.39, 0.29) is 19.1 Å². The summed E-state index contributed by atoms with van der Waals surface area (Å²) in [4.78, 5) is 23.1. The molecule has 1 amide bonds. The highest BCUT2D eigenvalue weighted by Crippen LogP contribution is 2.43. The van der Waals surface area contributed by atoms with Crippen molar-refractivity contribution in [2.24, 2.45) is 0 Å². The number of amides is 1. The molecule has 0 bridgehead atoms. The number of phosphoric acid groups is 1. The summed E-state index contributed by atoms with van der Waals surface area (Å²) in [5, 5.41) is 13.9. The van der Waals surface area contributed by atoms with E-state index in [1.165, 1.54) is 231 Å². The predicted molar refractivity (Wildman–Crippen MR) is 277 cm³/mol. The fraction of sp³-hybridized carbons (Fsp3) is 0.982. The van der Waals surface area contributed by atoms with E-state index in [1.54, 1.807) is 0 Å². The maximum absolute atomic E-state index is 12.9. The number of rotatable bonds is 53. The molecule has 9 heteroatoms. The normalized spacial score (nSPS) is 13.9. The van der Waals surface area contributed by atoms with Crippen molar-refractivity contribution in [2.75, 3.05) is 40.9 Å². The largest absolute Gasteiger partial charge is 0.472 e. The van der Waals surface area contributed by atoms with Crippen molar-refractivity contribution in [1.82, 2.24) is 5.32 Å². The molecule has 0 radical (unpaired) electrons. The lowest BCUT2D eigenvalue weighted by Gasteiger charge is -2.26. The Hall–Kier alpha value is -0.500. The molecule has 0 aromatic rings. The second-order valence-corrected chi connectivity index (χ2v) is 22.5. The maximum atomic E-state index is 12.9. The molecule has 0 fully saturated rings. The average molecular weight is 930 g/mol. The Bertz CT molecular complexity index is 1010. The third-order valence-electron chi connectivity index (χ3n) is 13.4. The molecule has 0 aliphatic carbocycles. The number of likely N-dealkylation sites (N-methyl/N-ethyl adjacent to an activating group) is 1. The minimum Gasteiger partial charge on any atom is -0.391 e. The van der Waals surface area contributed by atoms with Crippen molar-refractivity contribution >= 4 is 13.7 Å². The summed E-state index contributed by atoms with van der Waals surface area (Å²) in [6.45, 7) is 4.88. The molecule has 3 unspecified atom stereocenters. The number of hydrogen-bond donors (Lipinski definition) is 3. The zero-order chi connectivity index (χ0) is 47.1. The lowest BCUT2D eigenvalue weighted by Crippen LogP contribution is -2.46. The van der Waals surface area contributed by atoms with Crippen LogP contribution in [0, 0.1) is 0 Å². The van der Waals surface area contributed by atoms with Gasteiger partial charge in [-0.3, -0.25) is 13.8 Å². The van der Waals surface area contributed by atoms with E-state index in [9.17, 15) is 19.4 Å². The van der Waals surface area contributed by atoms with Gasteiger partial charge in [-0.25, -0.2) is 4.57 Å². The molecule has 0 heterocycles. The van der Waals surface area contributed by atoms with Gasteiger partial charge in [0, 0.05) is 6.42 Å². The van der Waals surface area contributed by atoms with Crippen LogP contribution >= 0.6 is 7.82 Å². The van der Waals surface area contributed by atoms with Gasteiger partial charge >= 0.3 is 7.82 Å². The Morgan fingerprint density at radius 1 is 0.469 bits per heavy atom. The number of nitrogens with one attached hydrogen (secondary N) is 1. The molecule has 3 N–H and O–H groups in total. The van der Waals surface area contributed by atoms with Gasteiger partial charge in [-0.1, -0.05) is 277 Å². The van der Waals surface area contributed by atoms with E-state index in [1.807, 2.05) is 21.1 Å². The van der Waals surface area contributed by atoms with Crippen LogP contribution in [0.15, 0.2) is 0 Å². The second-order valence-electron chi connectivity index (χ2n) is 21.0. The molecule has 0 saturated heterocycles. The number of unbranched alkanes of at least 4 members (excludes halogenated alkanes) is 40. The van der Waals surface area contributed by atoms with Crippen molar-refractivity contribution in [3.8, 4) is 0 Å². The minimum absolute atomic E-state index is 0.0780. The SMILES string of the molecule is CCCCCCCCCCCCCCCCCCCCCCCCCCCCCCCCCCCCCC(=O)NC(COP(=O)(O)OCC[N+](C)(C)C)C(O)CCCCCCCCC. The zero-order valence-electron chi connectivity index (χ0n) is 43.8. The highest BCUT2D eigenvalue weighted by Gasteiger charge is 2.28. The van der Waals surface area contributed by atoms with Crippen molar-refractivity contribution in [3.63, 3.8) is 0 Å². The number of aliphatic hydroxyl groups is 1. The van der Waals surface area contributed by atoms with Gasteiger partial charge in [0.25, 0.3) is 0 Å². The van der Waals surface area contributed by atoms with Crippen molar-refractivity contribution in [2.45, 2.75) is 309 Å². The highest BCUT2D eigenvalue weighted by molar-refractivity contribution is 7.47. The lowest BCUT2D eigenvalue weighted by atomic mass is 10.0. The van der Waals surface area contributed by atoms with Crippen molar-refractivity contribution in [1.29, 1.82) is 0 Å². The molecule has 384 valence electrons. The number of carbonyl (C=O) groups excluding carboxylic acids is 1. The van der Waals surface area contributed by atoms with E-state index >= 15 is 0 Å². The van der Waals surface area contributed by atoms with E-state index < -0.39 is 20.0 Å². The molecule has 3 atom stereocenters. The summed E-state index contributed by atoms with van der Waals surface area (Å²) in [6, 6.07) is -0.752. The van der Waals surface area contributed by atoms with Gasteiger partial charge in [0.2, 0.25) is 5.91 Å². The minimum atomic E-state index is -4.30. The number of carbonyl (C=O) groups is 1. The number of nitrogens with zero attached hydrogens (tertiary/aromatic N) is 1. The zero-order valence-corrected chi connectivity index (χ0v) is 44.7. The van der Waals surface area contributed by atoms with E-state index in [2.05, 4.69) is 19.2 Å². The summed E-state index contributed by atoms with van der Waals surface area (Å²) in [7, 11) is 1.63. The Morgan fingerprint density at radius 2 is 0.750 bits per heavy atom. The van der Waals surface area contributed by atoms with Crippen LogP contribution in [0.4, 0.5) is 0 Å². The summed E-state index contributed by atoms with van der Waals surface area (Å²) >= 11 is 0. The van der Waals surface area contributed by atoms with Crippen LogP contribution in [0.5, 0.6) is 0 Å². The van der Waals surface area contributed by atoms with Gasteiger partial charge in [0.1, 0.15) is 13.2 Å². The summed E-state index contributed by atoms with van der Waals surface area (Å²) in [5.74, 6) is -0.142. The predicted octanol–water partition coefficient (Wildman–Crippen LogP) is 16.9. The Morgan fingerprint density at radius 3 is 1.05 bits per heavy atom. The molecule has 64 heavy (non-hydrogen) atoms. The van der Waals surface area contributed by atoms with Crippen LogP contribution in [-0.2, 0) is 18.4 Å². The molecule has 0 spiro atoms. The Kier molecular flexibility index (Phi) is 47.2. The van der Waals surface area contributed by atoms with Crippen LogP contribution in [0.3, 0.4) is 0 Å². The highest BCUT2D eigenvalue weighted by atomic mass is 31.2. The van der Waals surface area contributed by atoms with E-state index in [0.29, 0.717) is 23.9 Å². The first-order valence-corrected chi connectivity index (χ1v) is 29.9. The first kappa shape index (κ1) is 63.5. The van der Waals surface area contributed by atoms with E-state index in [0.717, 1.165) is 38.5 Å². The molecule has 0 rings (SSSR count). The van der Waals surface area contributed by atoms with E-state index in [4.69, 9.17) is 9.05 Å². The number of quaternary nitrogens is 1. The summed E-state index contributed by atoms with van der Waals surface area (Å²) in [5.41, 5.74) is 0. The average Bonchev–Trinajstić information content (AvgIpc) is 3.25. The van der Waals surface area contributed by atoms with Gasteiger partial charge < -0.3 is 19.8 Å². The quantitative estimate of drug-likeness (QED) is 0.0319. The Balaban J connectivity index is 3.74. The molecule has 0 aromatic carbocycles. The first-order chi connectivity index (χ1) is 31.0. The standard InChI is InChI=1S/C55H113N2O6P/c1-6-8-10-12-14-15-16-17-18-19-20-21-22-23-24-25-26-27-28-29-30-31-32-33-34-35-36-37-38-39-40-41-43-45-47-49-55(59)56-53(54(58)48-46-44-42-13-11-9-7-2)52-63-64(60,61)62-51-50-57(3,4)5/h53-54,58H,6-52H2,1-5H3,(H-,56,59,60,61)/p+1. The molecular weight excluding hydrogens is 816 g/mol. The fourth-order valence-electron chi connectivity index (χ4n) is 8.87. The molecule has 0 aliphatic rings. The van der Waals surface area contributed by atoms with Gasteiger partial charge in [-0.05, 0) is 12.8 Å². The smallest absolute Gasteiger partial charge is 0.391 e. The third kappa shape index (κ3) is 49.4. The number of hydrogen-bond acceptors (Lipinski definition) is 5. The summed E-state index contributed by atoms with van der Waals surface area (Å²) in [6.07, 6.45) is 56.5. The monoisotopic (exact) mass is 930 g/mol. The van der Waals surface area contributed by atoms with Gasteiger partial charge in [0.05, 0.1) is 39.9 Å². The van der Waals surface area contributed by atoms with Crippen LogP contribution < -0.4 is 5.32 Å². The molecular formula is C55H114N2O6P+. The van der Waals surface area contributed by atoms with Gasteiger partial charge in [0.15, 0.2) is 0 Å². The molecule has 8 nitrogen and oxygen atoms in total. The second kappa shape index (κ2) is 47.6. The topological polar surface area (TPSA) is 105 Å². The van der Waals surface area contributed by atoms with Crippen LogP contribution in [0.1, 0.15) is 296 Å². The summed E-state index contributed by atoms with van der Waals surface area (Å²) < 4.78 is 23.6. The fourth-order valence-corrected chi connectivity index (χ4v) is 9.61. The van der Waals surface area contributed by atoms with Crippen molar-refractivity contribution < 1.29 is 32.9 Å².